The topological polar surface area (TPSA) is 29.1 Å². The number of fused-ring (bicyclic) bond motifs is 2. The molecule has 0 aromatic heterocycles. The number of carbonyl (C=O) groups is 1. The summed E-state index contributed by atoms with van der Waals surface area (Å²) in [5.74, 6) is 2.70. The minimum Gasteiger partial charge on any atom is -0.355 e. The van der Waals surface area contributed by atoms with Gasteiger partial charge in [0.15, 0.2) is 0 Å². The van der Waals surface area contributed by atoms with Gasteiger partial charge in [0.1, 0.15) is 0 Å². The van der Waals surface area contributed by atoms with Gasteiger partial charge >= 0.3 is 0 Å². The van der Waals surface area contributed by atoms with Crippen LogP contribution in [0.1, 0.15) is 32.6 Å². The Hall–Kier alpha value is -0.180. The van der Waals surface area contributed by atoms with E-state index in [4.69, 9.17) is 0 Å². The van der Waals surface area contributed by atoms with Gasteiger partial charge in [-0.1, -0.05) is 6.42 Å². The third-order valence-electron chi connectivity index (χ3n) is 3.80. The Balaban J connectivity index is 1.74. The van der Waals surface area contributed by atoms with Gasteiger partial charge in [-0.15, -0.1) is 0 Å². The second kappa shape index (κ2) is 4.13. The largest absolute Gasteiger partial charge is 0.355 e. The summed E-state index contributed by atoms with van der Waals surface area (Å²) in [4.78, 5) is 11.3. The quantitative estimate of drug-likeness (QED) is 0.688. The van der Waals surface area contributed by atoms with Crippen LogP contribution in [0.5, 0.6) is 0 Å². The fraction of sp³-hybridized carbons (Fsp3) is 0.909. The summed E-state index contributed by atoms with van der Waals surface area (Å²) in [5.41, 5.74) is 0. The zero-order valence-electron chi connectivity index (χ0n) is 8.70. The molecule has 2 aliphatic rings. The van der Waals surface area contributed by atoms with Gasteiger partial charge in [-0.2, -0.15) is 12.6 Å². The highest BCUT2D eigenvalue weighted by atomic mass is 32.1. The molecule has 0 heterocycles. The van der Waals surface area contributed by atoms with Gasteiger partial charge in [0.2, 0.25) is 5.91 Å². The van der Waals surface area contributed by atoms with Crippen LogP contribution in [0.2, 0.25) is 0 Å². The molecule has 2 fully saturated rings. The molecule has 0 spiro atoms. The molecule has 2 bridgehead atoms. The zero-order valence-corrected chi connectivity index (χ0v) is 9.59. The van der Waals surface area contributed by atoms with E-state index in [9.17, 15) is 4.79 Å². The van der Waals surface area contributed by atoms with Crippen molar-refractivity contribution >= 4 is 18.5 Å². The molecule has 14 heavy (non-hydrogen) atoms. The molecule has 1 amide bonds. The number of amides is 1. The van der Waals surface area contributed by atoms with E-state index < -0.39 is 0 Å². The van der Waals surface area contributed by atoms with Crippen LogP contribution in [0.15, 0.2) is 0 Å². The van der Waals surface area contributed by atoms with Gasteiger partial charge in [0.05, 0.1) is 5.25 Å². The Labute approximate surface area is 91.2 Å². The van der Waals surface area contributed by atoms with Crippen molar-refractivity contribution in [2.24, 2.45) is 17.8 Å². The van der Waals surface area contributed by atoms with E-state index in [2.05, 4.69) is 17.9 Å². The molecule has 2 rings (SSSR count). The Bertz CT molecular complexity index is 229. The van der Waals surface area contributed by atoms with E-state index in [1.165, 1.54) is 25.7 Å². The van der Waals surface area contributed by atoms with Crippen molar-refractivity contribution in [3.63, 3.8) is 0 Å². The predicted octanol–water partition coefficient (Wildman–Crippen LogP) is 1.86. The molecule has 0 aliphatic heterocycles. The van der Waals surface area contributed by atoms with Crippen molar-refractivity contribution in [1.29, 1.82) is 0 Å². The maximum absolute atomic E-state index is 11.3. The van der Waals surface area contributed by atoms with Crippen LogP contribution in [0.4, 0.5) is 0 Å². The van der Waals surface area contributed by atoms with Gasteiger partial charge < -0.3 is 5.32 Å². The average Bonchev–Trinajstić information content (AvgIpc) is 2.74. The summed E-state index contributed by atoms with van der Waals surface area (Å²) in [7, 11) is 0. The number of hydrogen-bond acceptors (Lipinski definition) is 2. The zero-order chi connectivity index (χ0) is 10.1. The van der Waals surface area contributed by atoms with Crippen molar-refractivity contribution in [3.05, 3.63) is 0 Å². The summed E-state index contributed by atoms with van der Waals surface area (Å²) < 4.78 is 0. The summed E-state index contributed by atoms with van der Waals surface area (Å²) in [5, 5.41) is 2.82. The lowest BCUT2D eigenvalue weighted by Crippen LogP contribution is -2.35. The molecule has 3 heteroatoms. The summed E-state index contributed by atoms with van der Waals surface area (Å²) >= 11 is 4.11. The SMILES string of the molecule is CC(S)C(=O)NCC1CC2CCC1C2. The standard InChI is InChI=1S/C11H19NOS/c1-7(14)11(13)12-6-10-5-8-2-3-9(10)4-8/h7-10,14H,2-6H2,1H3,(H,12,13). The van der Waals surface area contributed by atoms with Crippen molar-refractivity contribution in [3.8, 4) is 0 Å². The van der Waals surface area contributed by atoms with Gasteiger partial charge in [-0.05, 0) is 43.9 Å². The summed E-state index contributed by atoms with van der Waals surface area (Å²) in [6.45, 7) is 2.70. The Kier molecular flexibility index (Phi) is 3.05. The van der Waals surface area contributed by atoms with Gasteiger partial charge in [0.25, 0.3) is 0 Å². The highest BCUT2D eigenvalue weighted by Crippen LogP contribution is 2.47. The minimum atomic E-state index is -0.173. The highest BCUT2D eigenvalue weighted by Gasteiger charge is 2.39. The van der Waals surface area contributed by atoms with E-state index in [1.807, 2.05) is 6.92 Å². The van der Waals surface area contributed by atoms with E-state index in [0.717, 1.165) is 24.3 Å². The number of rotatable bonds is 3. The number of nitrogens with one attached hydrogen (secondary N) is 1. The molecule has 0 radical (unpaired) electrons. The van der Waals surface area contributed by atoms with E-state index in [-0.39, 0.29) is 11.2 Å². The molecule has 4 atom stereocenters. The molecule has 0 aromatic carbocycles. The summed E-state index contributed by atoms with van der Waals surface area (Å²) in [6, 6.07) is 0. The van der Waals surface area contributed by atoms with Crippen LogP contribution in [0, 0.1) is 17.8 Å². The number of thiol groups is 1. The first kappa shape index (κ1) is 10.3. The first-order valence-corrected chi connectivity index (χ1v) is 6.14. The average molecular weight is 213 g/mol. The Morgan fingerprint density at radius 1 is 1.50 bits per heavy atom. The summed E-state index contributed by atoms with van der Waals surface area (Å²) in [6.07, 6.45) is 5.57. The molecule has 2 saturated carbocycles. The fourth-order valence-electron chi connectivity index (χ4n) is 3.01. The number of hydrogen-bond donors (Lipinski definition) is 2. The van der Waals surface area contributed by atoms with Gasteiger partial charge in [0, 0.05) is 6.54 Å². The first-order valence-electron chi connectivity index (χ1n) is 5.62. The predicted molar refractivity (Wildman–Crippen MR) is 60.4 cm³/mol. The molecular formula is C11H19NOS. The van der Waals surface area contributed by atoms with Crippen LogP contribution in [0.25, 0.3) is 0 Å². The second-order valence-corrected chi connectivity index (χ2v) is 5.63. The third-order valence-corrected chi connectivity index (χ3v) is 4.04. The van der Waals surface area contributed by atoms with Crippen LogP contribution >= 0.6 is 12.6 Å². The molecular weight excluding hydrogens is 194 g/mol. The van der Waals surface area contributed by atoms with Crippen molar-refractivity contribution < 1.29 is 4.79 Å². The normalized spacial score (nSPS) is 37.1. The van der Waals surface area contributed by atoms with E-state index in [1.54, 1.807) is 0 Å². The maximum atomic E-state index is 11.3. The molecule has 0 saturated heterocycles. The number of carbonyl (C=O) groups excluding carboxylic acids is 1. The Morgan fingerprint density at radius 3 is 2.79 bits per heavy atom. The molecule has 0 aromatic rings. The van der Waals surface area contributed by atoms with Crippen molar-refractivity contribution in [2.45, 2.75) is 37.9 Å². The lowest BCUT2D eigenvalue weighted by molar-refractivity contribution is -0.120. The molecule has 2 nitrogen and oxygen atoms in total. The third kappa shape index (κ3) is 2.08. The first-order chi connectivity index (χ1) is 6.66. The van der Waals surface area contributed by atoms with Crippen molar-refractivity contribution in [1.82, 2.24) is 5.32 Å². The highest BCUT2D eigenvalue weighted by molar-refractivity contribution is 7.81. The minimum absolute atomic E-state index is 0.0797. The van der Waals surface area contributed by atoms with Gasteiger partial charge in [-0.25, -0.2) is 0 Å². The maximum Gasteiger partial charge on any atom is 0.232 e. The molecule has 1 N–H and O–H groups in total. The van der Waals surface area contributed by atoms with Crippen LogP contribution in [-0.2, 0) is 4.79 Å². The van der Waals surface area contributed by atoms with Crippen molar-refractivity contribution in [2.75, 3.05) is 6.54 Å². The lowest BCUT2D eigenvalue weighted by Gasteiger charge is -2.22. The second-order valence-electron chi connectivity index (χ2n) is 4.86. The van der Waals surface area contributed by atoms with Crippen LogP contribution in [-0.4, -0.2) is 17.7 Å². The lowest BCUT2D eigenvalue weighted by atomic mass is 9.89. The fourth-order valence-corrected chi connectivity index (χ4v) is 3.10. The molecule has 4 unspecified atom stereocenters. The van der Waals surface area contributed by atoms with Crippen LogP contribution < -0.4 is 5.32 Å². The molecule has 80 valence electrons. The smallest absolute Gasteiger partial charge is 0.232 e. The van der Waals surface area contributed by atoms with E-state index >= 15 is 0 Å². The Morgan fingerprint density at radius 2 is 2.29 bits per heavy atom. The van der Waals surface area contributed by atoms with Crippen LogP contribution in [0.3, 0.4) is 0 Å². The van der Waals surface area contributed by atoms with Gasteiger partial charge in [-0.3, -0.25) is 4.79 Å². The monoisotopic (exact) mass is 213 g/mol. The van der Waals surface area contributed by atoms with E-state index in [0.29, 0.717) is 0 Å². The molecule has 2 aliphatic carbocycles.